The molecule has 1 aromatic carbocycles. The summed E-state index contributed by atoms with van der Waals surface area (Å²) in [6.45, 7) is 6.37. The first-order valence-corrected chi connectivity index (χ1v) is 9.64. The van der Waals surface area contributed by atoms with Crippen molar-refractivity contribution in [1.29, 1.82) is 0 Å². The fourth-order valence-corrected chi connectivity index (χ4v) is 3.65. The summed E-state index contributed by atoms with van der Waals surface area (Å²) < 4.78 is 7.76. The number of aryl methyl sites for hydroxylation is 1. The Morgan fingerprint density at radius 1 is 1.14 bits per heavy atom. The molecule has 0 aliphatic carbocycles. The van der Waals surface area contributed by atoms with Gasteiger partial charge in [-0.1, -0.05) is 12.1 Å². The van der Waals surface area contributed by atoms with E-state index in [1.807, 2.05) is 41.0 Å². The lowest BCUT2D eigenvalue weighted by Gasteiger charge is -2.36. The minimum atomic E-state index is -0.0408. The molecule has 1 fully saturated rings. The zero-order chi connectivity index (χ0) is 19.5. The smallest absolute Gasteiger partial charge is 0.226 e. The number of imidazole rings is 1. The van der Waals surface area contributed by atoms with Crippen molar-refractivity contribution in [3.05, 3.63) is 48.9 Å². The van der Waals surface area contributed by atoms with E-state index < -0.39 is 0 Å². The molecule has 3 heterocycles. The molecular formula is C21H25N5O2. The number of benzene rings is 1. The van der Waals surface area contributed by atoms with Crippen molar-refractivity contribution in [2.75, 3.05) is 23.3 Å². The summed E-state index contributed by atoms with van der Waals surface area (Å²) in [6.07, 6.45) is 4.23. The number of nitrogens with zero attached hydrogens (tertiary/aromatic N) is 4. The van der Waals surface area contributed by atoms with Crippen LogP contribution in [0.15, 0.2) is 48.9 Å². The highest BCUT2D eigenvalue weighted by molar-refractivity contribution is 5.90. The van der Waals surface area contributed by atoms with Gasteiger partial charge in [0, 0.05) is 26.1 Å². The summed E-state index contributed by atoms with van der Waals surface area (Å²) in [6, 6.07) is 11.8. The molecule has 1 N–H and O–H groups in total. The van der Waals surface area contributed by atoms with Crippen molar-refractivity contribution in [2.24, 2.45) is 0 Å². The second-order valence-corrected chi connectivity index (χ2v) is 7.29. The van der Waals surface area contributed by atoms with Crippen molar-refractivity contribution in [2.45, 2.75) is 39.0 Å². The molecule has 1 amide bonds. The van der Waals surface area contributed by atoms with E-state index in [0.717, 1.165) is 29.9 Å². The quantitative estimate of drug-likeness (QED) is 0.738. The molecule has 0 unspecified atom stereocenters. The van der Waals surface area contributed by atoms with E-state index >= 15 is 0 Å². The molecule has 4 rings (SSSR count). The second-order valence-electron chi connectivity index (χ2n) is 7.29. The van der Waals surface area contributed by atoms with Crippen molar-refractivity contribution in [3.63, 3.8) is 0 Å². The van der Waals surface area contributed by atoms with E-state index in [9.17, 15) is 4.79 Å². The number of hydrogen-bond acceptors (Lipinski definition) is 5. The number of ether oxygens (including phenoxy) is 1. The van der Waals surface area contributed by atoms with Gasteiger partial charge >= 0.3 is 0 Å². The largest absolute Gasteiger partial charge is 0.372 e. The number of carbonyl (C=O) groups excluding carboxylic acids is 1. The topological polar surface area (TPSA) is 72.3 Å². The van der Waals surface area contributed by atoms with Crippen LogP contribution in [0.4, 0.5) is 11.5 Å². The number of fused-ring (bicyclic) bond motifs is 1. The maximum atomic E-state index is 12.3. The number of nitrogens with one attached hydrogen (secondary N) is 1. The summed E-state index contributed by atoms with van der Waals surface area (Å²) in [4.78, 5) is 23.4. The van der Waals surface area contributed by atoms with E-state index in [0.29, 0.717) is 18.7 Å². The van der Waals surface area contributed by atoms with Crippen LogP contribution in [0.3, 0.4) is 0 Å². The Balaban J connectivity index is 1.33. The molecule has 146 valence electrons. The van der Waals surface area contributed by atoms with Gasteiger partial charge in [0.1, 0.15) is 5.82 Å². The minimum absolute atomic E-state index is 0.0408. The van der Waals surface area contributed by atoms with Crippen LogP contribution >= 0.6 is 0 Å². The van der Waals surface area contributed by atoms with Gasteiger partial charge in [-0.3, -0.25) is 4.79 Å². The van der Waals surface area contributed by atoms with Crippen LogP contribution in [0.25, 0.3) is 11.0 Å². The zero-order valence-corrected chi connectivity index (χ0v) is 16.2. The summed E-state index contributed by atoms with van der Waals surface area (Å²) >= 11 is 0. The number of rotatable bonds is 5. The van der Waals surface area contributed by atoms with Crippen molar-refractivity contribution >= 4 is 28.4 Å². The van der Waals surface area contributed by atoms with Gasteiger partial charge in [-0.25, -0.2) is 9.97 Å². The zero-order valence-electron chi connectivity index (χ0n) is 16.2. The molecule has 1 aliphatic rings. The van der Waals surface area contributed by atoms with Crippen molar-refractivity contribution in [3.8, 4) is 0 Å². The number of amides is 1. The van der Waals surface area contributed by atoms with Gasteiger partial charge in [0.05, 0.1) is 41.5 Å². The highest BCUT2D eigenvalue weighted by Crippen LogP contribution is 2.20. The SMILES string of the molecule is C[C@@H]1CN(c2ccc(NC(=O)CCn3cnc4ccccc43)cn2)C[C@H](C)O1. The van der Waals surface area contributed by atoms with Crippen LogP contribution < -0.4 is 10.2 Å². The number of morpholine rings is 1. The standard InChI is InChI=1S/C21H25N5O2/c1-15-12-26(13-16(2)28-15)20-8-7-17(11-22-20)24-21(27)9-10-25-14-23-18-5-3-4-6-19(18)25/h3-8,11,14-16H,9-10,12-13H2,1-2H3,(H,24,27)/t15-,16+. The lowest BCUT2D eigenvalue weighted by molar-refractivity contribution is -0.116. The van der Waals surface area contributed by atoms with Crippen LogP contribution in [0.1, 0.15) is 20.3 Å². The number of anilines is 2. The third-order valence-electron chi connectivity index (χ3n) is 4.88. The fraction of sp³-hybridized carbons (Fsp3) is 0.381. The van der Waals surface area contributed by atoms with Crippen LogP contribution in [0, 0.1) is 0 Å². The molecule has 0 saturated carbocycles. The third kappa shape index (κ3) is 4.14. The normalized spacial score (nSPS) is 19.7. The lowest BCUT2D eigenvalue weighted by atomic mass is 10.2. The van der Waals surface area contributed by atoms with Gasteiger partial charge in [-0.2, -0.15) is 0 Å². The molecule has 7 heteroatoms. The predicted octanol–water partition coefficient (Wildman–Crippen LogP) is 3.07. The molecule has 28 heavy (non-hydrogen) atoms. The van der Waals surface area contributed by atoms with Gasteiger partial charge in [0.25, 0.3) is 0 Å². The molecule has 2 atom stereocenters. The average molecular weight is 379 g/mol. The predicted molar refractivity (Wildman–Crippen MR) is 109 cm³/mol. The first kappa shape index (κ1) is 18.4. The fourth-order valence-electron chi connectivity index (χ4n) is 3.65. The Bertz CT molecular complexity index is 943. The van der Waals surface area contributed by atoms with Crippen LogP contribution in [0.5, 0.6) is 0 Å². The maximum Gasteiger partial charge on any atom is 0.226 e. The van der Waals surface area contributed by atoms with Gasteiger partial charge in [-0.05, 0) is 38.1 Å². The number of aromatic nitrogens is 3. The number of pyridine rings is 1. The summed E-state index contributed by atoms with van der Waals surface area (Å²) in [5.74, 6) is 0.867. The van der Waals surface area contributed by atoms with Gasteiger partial charge in [0.2, 0.25) is 5.91 Å². The molecule has 7 nitrogen and oxygen atoms in total. The molecular weight excluding hydrogens is 354 g/mol. The summed E-state index contributed by atoms with van der Waals surface area (Å²) in [5.41, 5.74) is 2.68. The van der Waals surface area contributed by atoms with E-state index in [1.165, 1.54) is 0 Å². The average Bonchev–Trinajstić information content (AvgIpc) is 3.09. The summed E-state index contributed by atoms with van der Waals surface area (Å²) in [7, 11) is 0. The Hall–Kier alpha value is -2.93. The first-order chi connectivity index (χ1) is 13.6. The van der Waals surface area contributed by atoms with E-state index in [1.54, 1.807) is 12.5 Å². The van der Waals surface area contributed by atoms with Crippen LogP contribution in [-0.4, -0.2) is 45.7 Å². The Kier molecular flexibility index (Phi) is 5.25. The van der Waals surface area contributed by atoms with Gasteiger partial charge < -0.3 is 19.5 Å². The molecule has 2 aromatic heterocycles. The Morgan fingerprint density at radius 3 is 2.68 bits per heavy atom. The maximum absolute atomic E-state index is 12.3. The van der Waals surface area contributed by atoms with E-state index in [2.05, 4.69) is 34.0 Å². The third-order valence-corrected chi connectivity index (χ3v) is 4.88. The molecule has 1 saturated heterocycles. The first-order valence-electron chi connectivity index (χ1n) is 9.64. The van der Waals surface area contributed by atoms with Gasteiger partial charge in [-0.15, -0.1) is 0 Å². The highest BCUT2D eigenvalue weighted by Gasteiger charge is 2.23. The molecule has 0 bridgehead atoms. The molecule has 3 aromatic rings. The highest BCUT2D eigenvalue weighted by atomic mass is 16.5. The number of hydrogen-bond donors (Lipinski definition) is 1. The van der Waals surface area contributed by atoms with Crippen molar-refractivity contribution in [1.82, 2.24) is 14.5 Å². The number of carbonyl (C=O) groups is 1. The van der Waals surface area contributed by atoms with Crippen LogP contribution in [0.2, 0.25) is 0 Å². The molecule has 0 radical (unpaired) electrons. The second kappa shape index (κ2) is 7.98. The molecule has 1 aliphatic heterocycles. The minimum Gasteiger partial charge on any atom is -0.372 e. The summed E-state index contributed by atoms with van der Waals surface area (Å²) in [5, 5.41) is 2.92. The Morgan fingerprint density at radius 2 is 1.93 bits per heavy atom. The van der Waals surface area contributed by atoms with E-state index in [-0.39, 0.29) is 18.1 Å². The monoisotopic (exact) mass is 379 g/mol. The number of para-hydroxylation sites is 2. The van der Waals surface area contributed by atoms with E-state index in [4.69, 9.17) is 4.74 Å². The van der Waals surface area contributed by atoms with Crippen molar-refractivity contribution < 1.29 is 9.53 Å². The molecule has 0 spiro atoms. The Labute approximate surface area is 164 Å². The van der Waals surface area contributed by atoms with Crippen LogP contribution in [-0.2, 0) is 16.1 Å². The lowest BCUT2D eigenvalue weighted by Crippen LogP contribution is -2.45. The van der Waals surface area contributed by atoms with Gasteiger partial charge in [0.15, 0.2) is 0 Å².